The minimum absolute atomic E-state index is 0.000861. The summed E-state index contributed by atoms with van der Waals surface area (Å²) in [5.74, 6) is -2.14. The predicted molar refractivity (Wildman–Crippen MR) is 85.5 cm³/mol. The lowest BCUT2D eigenvalue weighted by atomic mass is 10.2. The molecule has 0 radical (unpaired) electrons. The third-order valence-corrected chi connectivity index (χ3v) is 3.89. The van der Waals surface area contributed by atoms with Crippen molar-refractivity contribution in [1.29, 1.82) is 5.26 Å². The van der Waals surface area contributed by atoms with Gasteiger partial charge >= 0.3 is 5.97 Å². The molecule has 1 amide bonds. The van der Waals surface area contributed by atoms with Crippen molar-refractivity contribution in [3.05, 3.63) is 46.6 Å². The van der Waals surface area contributed by atoms with Gasteiger partial charge in [-0.15, -0.1) is 11.3 Å². The molecule has 0 fully saturated rings. The number of carbonyl (C=O) groups excluding carboxylic acids is 2. The van der Waals surface area contributed by atoms with E-state index in [1.807, 2.05) is 6.07 Å². The Morgan fingerprint density at radius 3 is 2.75 bits per heavy atom. The van der Waals surface area contributed by atoms with E-state index in [4.69, 9.17) is 14.7 Å². The second kappa shape index (κ2) is 7.57. The van der Waals surface area contributed by atoms with Crippen LogP contribution in [0, 0.1) is 17.1 Å². The highest BCUT2D eigenvalue weighted by Crippen LogP contribution is 2.23. The van der Waals surface area contributed by atoms with Crippen molar-refractivity contribution in [2.75, 3.05) is 12.4 Å². The fourth-order valence-corrected chi connectivity index (χ4v) is 2.52. The van der Waals surface area contributed by atoms with Crippen molar-refractivity contribution >= 4 is 28.2 Å². The number of hydrogen-bond acceptors (Lipinski definition) is 6. The Balaban J connectivity index is 2.02. The first-order chi connectivity index (χ1) is 11.5. The Hall–Kier alpha value is -2.92. The minimum Gasteiger partial charge on any atom is -0.494 e. The molecule has 0 aliphatic rings. The van der Waals surface area contributed by atoms with Crippen LogP contribution in [0.4, 0.5) is 9.39 Å². The highest BCUT2D eigenvalue weighted by molar-refractivity contribution is 7.14. The number of thiophene rings is 1. The van der Waals surface area contributed by atoms with Gasteiger partial charge in [-0.25, -0.2) is 9.18 Å². The Morgan fingerprint density at radius 2 is 2.12 bits per heavy atom. The average molecular weight is 348 g/mol. The van der Waals surface area contributed by atoms with Gasteiger partial charge in [0, 0.05) is 0 Å². The van der Waals surface area contributed by atoms with Gasteiger partial charge in [0.15, 0.2) is 17.7 Å². The number of esters is 1. The standard InChI is InChI=1S/C16H13FN2O4S/c1-9(14(20)19-15-11(8-18)5-6-24-15)23-16(21)10-3-4-13(22-2)12(17)7-10/h3-7,9H,1-2H3,(H,19,20)/t9-/m0/s1. The van der Waals surface area contributed by atoms with Gasteiger partial charge in [-0.2, -0.15) is 5.26 Å². The second-order valence-electron chi connectivity index (χ2n) is 4.66. The molecule has 1 heterocycles. The van der Waals surface area contributed by atoms with Crippen LogP contribution in [-0.4, -0.2) is 25.1 Å². The van der Waals surface area contributed by atoms with Crippen LogP contribution in [0.5, 0.6) is 5.75 Å². The number of rotatable bonds is 5. The first-order valence-electron chi connectivity index (χ1n) is 6.79. The summed E-state index contributed by atoms with van der Waals surface area (Å²) in [5.41, 5.74) is 0.283. The van der Waals surface area contributed by atoms with E-state index in [1.165, 1.54) is 37.5 Å². The molecule has 0 saturated carbocycles. The van der Waals surface area contributed by atoms with Gasteiger partial charge in [0.05, 0.1) is 18.2 Å². The maximum Gasteiger partial charge on any atom is 0.339 e. The van der Waals surface area contributed by atoms with Gasteiger partial charge in [-0.3, -0.25) is 4.79 Å². The lowest BCUT2D eigenvalue weighted by molar-refractivity contribution is -0.123. The molecule has 0 aliphatic heterocycles. The quantitative estimate of drug-likeness (QED) is 0.839. The van der Waals surface area contributed by atoms with E-state index in [1.54, 1.807) is 11.4 Å². The molecule has 0 unspecified atom stereocenters. The molecule has 24 heavy (non-hydrogen) atoms. The number of nitriles is 1. The highest BCUT2D eigenvalue weighted by Gasteiger charge is 2.21. The third-order valence-electron chi connectivity index (χ3n) is 3.06. The Kier molecular flexibility index (Phi) is 5.50. The first-order valence-corrected chi connectivity index (χ1v) is 7.67. The molecule has 0 bridgehead atoms. The van der Waals surface area contributed by atoms with E-state index >= 15 is 0 Å². The molecule has 1 aromatic heterocycles. The predicted octanol–water partition coefficient (Wildman–Crippen LogP) is 2.95. The molecule has 0 saturated heterocycles. The van der Waals surface area contributed by atoms with Crippen LogP contribution in [-0.2, 0) is 9.53 Å². The molecule has 1 aromatic carbocycles. The van der Waals surface area contributed by atoms with Crippen LogP contribution in [0.3, 0.4) is 0 Å². The van der Waals surface area contributed by atoms with E-state index in [2.05, 4.69) is 5.32 Å². The number of carbonyl (C=O) groups is 2. The number of anilines is 1. The fourth-order valence-electron chi connectivity index (χ4n) is 1.78. The number of nitrogens with one attached hydrogen (secondary N) is 1. The van der Waals surface area contributed by atoms with Crippen molar-refractivity contribution in [3.63, 3.8) is 0 Å². The smallest absolute Gasteiger partial charge is 0.339 e. The maximum absolute atomic E-state index is 13.6. The van der Waals surface area contributed by atoms with Crippen LogP contribution < -0.4 is 10.1 Å². The minimum atomic E-state index is -1.11. The van der Waals surface area contributed by atoms with Crippen molar-refractivity contribution in [1.82, 2.24) is 0 Å². The molecule has 6 nitrogen and oxygen atoms in total. The summed E-state index contributed by atoms with van der Waals surface area (Å²) in [6.45, 7) is 1.38. The molecule has 2 aromatic rings. The van der Waals surface area contributed by atoms with E-state index in [0.29, 0.717) is 10.6 Å². The third kappa shape index (κ3) is 3.88. The Bertz CT molecular complexity index is 813. The van der Waals surface area contributed by atoms with Crippen LogP contribution >= 0.6 is 11.3 Å². The zero-order chi connectivity index (χ0) is 17.7. The molecule has 0 spiro atoms. The number of halogens is 1. The number of amides is 1. The maximum atomic E-state index is 13.6. The largest absolute Gasteiger partial charge is 0.494 e. The van der Waals surface area contributed by atoms with Crippen molar-refractivity contribution in [3.8, 4) is 11.8 Å². The molecular weight excluding hydrogens is 335 g/mol. The molecule has 1 atom stereocenters. The lowest BCUT2D eigenvalue weighted by Crippen LogP contribution is -2.30. The van der Waals surface area contributed by atoms with Crippen LogP contribution in [0.25, 0.3) is 0 Å². The topological polar surface area (TPSA) is 88.4 Å². The summed E-state index contributed by atoms with van der Waals surface area (Å²) in [6, 6.07) is 7.10. The summed E-state index contributed by atoms with van der Waals surface area (Å²) >= 11 is 1.18. The van der Waals surface area contributed by atoms with Gasteiger partial charge in [-0.1, -0.05) is 0 Å². The van der Waals surface area contributed by atoms with Crippen molar-refractivity contribution < 1.29 is 23.5 Å². The molecule has 1 N–H and O–H groups in total. The van der Waals surface area contributed by atoms with E-state index in [0.717, 1.165) is 6.07 Å². The number of nitrogens with zero attached hydrogens (tertiary/aromatic N) is 1. The van der Waals surface area contributed by atoms with Crippen molar-refractivity contribution in [2.24, 2.45) is 0 Å². The summed E-state index contributed by atoms with van der Waals surface area (Å²) < 4.78 is 23.4. The molecule has 0 aliphatic carbocycles. The Labute approximate surface area is 141 Å². The fraction of sp³-hybridized carbons (Fsp3) is 0.188. The second-order valence-corrected chi connectivity index (χ2v) is 5.58. The Morgan fingerprint density at radius 1 is 1.38 bits per heavy atom. The van der Waals surface area contributed by atoms with E-state index in [-0.39, 0.29) is 11.3 Å². The summed E-state index contributed by atoms with van der Waals surface area (Å²) in [4.78, 5) is 24.0. The summed E-state index contributed by atoms with van der Waals surface area (Å²) in [5, 5.41) is 13.4. The number of ether oxygens (including phenoxy) is 2. The normalized spacial score (nSPS) is 11.2. The number of methoxy groups -OCH3 is 1. The summed E-state index contributed by atoms with van der Waals surface area (Å²) in [7, 11) is 1.31. The molecule has 8 heteroatoms. The van der Waals surface area contributed by atoms with E-state index in [9.17, 15) is 14.0 Å². The first kappa shape index (κ1) is 17.4. The molecule has 124 valence electrons. The van der Waals surface area contributed by atoms with Crippen LogP contribution in [0.2, 0.25) is 0 Å². The highest BCUT2D eigenvalue weighted by atomic mass is 32.1. The lowest BCUT2D eigenvalue weighted by Gasteiger charge is -2.13. The molecular formula is C16H13FN2O4S. The SMILES string of the molecule is COc1ccc(C(=O)O[C@@H](C)C(=O)Nc2sccc2C#N)cc1F. The van der Waals surface area contributed by atoms with Crippen molar-refractivity contribution in [2.45, 2.75) is 13.0 Å². The van der Waals surface area contributed by atoms with Crippen LogP contribution in [0.15, 0.2) is 29.6 Å². The number of benzene rings is 1. The van der Waals surface area contributed by atoms with Gasteiger partial charge in [-0.05, 0) is 36.6 Å². The zero-order valence-electron chi connectivity index (χ0n) is 12.8. The van der Waals surface area contributed by atoms with E-state index < -0.39 is 23.8 Å². The number of hydrogen-bond donors (Lipinski definition) is 1. The van der Waals surface area contributed by atoms with Gasteiger partial charge < -0.3 is 14.8 Å². The van der Waals surface area contributed by atoms with Gasteiger partial charge in [0.25, 0.3) is 5.91 Å². The molecule has 2 rings (SSSR count). The zero-order valence-corrected chi connectivity index (χ0v) is 13.6. The monoisotopic (exact) mass is 348 g/mol. The average Bonchev–Trinajstić information content (AvgIpc) is 3.01. The summed E-state index contributed by atoms with van der Waals surface area (Å²) in [6.07, 6.45) is -1.11. The van der Waals surface area contributed by atoms with Crippen LogP contribution in [0.1, 0.15) is 22.8 Å². The van der Waals surface area contributed by atoms with Gasteiger partial charge in [0.2, 0.25) is 0 Å². The van der Waals surface area contributed by atoms with Gasteiger partial charge in [0.1, 0.15) is 11.1 Å².